The van der Waals surface area contributed by atoms with Crippen LogP contribution in [0.25, 0.3) is 0 Å². The summed E-state index contributed by atoms with van der Waals surface area (Å²) in [6.07, 6.45) is 0.371. The predicted molar refractivity (Wildman–Crippen MR) is 40.0 cm³/mol. The lowest BCUT2D eigenvalue weighted by Gasteiger charge is -1.96. The summed E-state index contributed by atoms with van der Waals surface area (Å²) in [4.78, 5) is 0. The van der Waals surface area contributed by atoms with Crippen LogP contribution in [-0.4, -0.2) is 29.4 Å². The zero-order valence-electron chi connectivity index (χ0n) is 6.00. The Morgan fingerprint density at radius 1 is 1.60 bits per heavy atom. The monoisotopic (exact) mass is 161 g/mol. The molecule has 0 aromatic carbocycles. The molecule has 0 aliphatic carbocycles. The second-order valence-electron chi connectivity index (χ2n) is 1.75. The summed E-state index contributed by atoms with van der Waals surface area (Å²) in [5, 5.41) is 8.12. The number of nitrogens with zero attached hydrogens (tertiary/aromatic N) is 1. The highest BCUT2D eigenvalue weighted by Crippen LogP contribution is 1.86. The lowest BCUT2D eigenvalue weighted by molar-refractivity contribution is 0.218. The molecule has 0 rings (SSSR count). The van der Waals surface area contributed by atoms with Crippen molar-refractivity contribution in [2.24, 2.45) is 0 Å². The average Bonchev–Trinajstić information content (AvgIpc) is 1.97. The minimum Gasteiger partial charge on any atom is -0.384 e. The number of nitriles is 1. The first-order valence-electron chi connectivity index (χ1n) is 3.02. The maximum atomic E-state index is 10.8. The Labute approximate surface area is 63.4 Å². The van der Waals surface area contributed by atoms with E-state index < -0.39 is 10.8 Å². The Bertz CT molecular complexity index is 141. The van der Waals surface area contributed by atoms with Gasteiger partial charge in [-0.15, -0.1) is 0 Å². The van der Waals surface area contributed by atoms with Gasteiger partial charge in [-0.2, -0.15) is 5.26 Å². The van der Waals surface area contributed by atoms with Crippen LogP contribution in [-0.2, 0) is 15.5 Å². The SMILES string of the molecule is COCCS(=O)CCC#N. The first-order chi connectivity index (χ1) is 4.81. The lowest BCUT2D eigenvalue weighted by atomic mass is 10.6. The topological polar surface area (TPSA) is 50.1 Å². The molecule has 10 heavy (non-hydrogen) atoms. The molecule has 0 amide bonds. The van der Waals surface area contributed by atoms with E-state index in [0.717, 1.165) is 0 Å². The standard InChI is InChI=1S/C6H11NO2S/c1-9-4-6-10(8)5-2-3-7/h2,4-6H2,1H3. The maximum Gasteiger partial charge on any atom is 0.0631 e. The first-order valence-corrected chi connectivity index (χ1v) is 4.51. The van der Waals surface area contributed by atoms with Crippen LogP contribution in [0.5, 0.6) is 0 Å². The first kappa shape index (κ1) is 9.60. The zero-order chi connectivity index (χ0) is 7.82. The Balaban J connectivity index is 3.19. The highest BCUT2D eigenvalue weighted by atomic mass is 32.2. The van der Waals surface area contributed by atoms with Gasteiger partial charge in [0.05, 0.1) is 12.7 Å². The lowest BCUT2D eigenvalue weighted by Crippen LogP contribution is -2.06. The summed E-state index contributed by atoms with van der Waals surface area (Å²) in [6, 6.07) is 1.94. The summed E-state index contributed by atoms with van der Waals surface area (Å²) >= 11 is 0. The molecule has 1 atom stereocenters. The molecule has 0 saturated heterocycles. The number of methoxy groups -OCH3 is 1. The number of hydrogen-bond acceptors (Lipinski definition) is 3. The highest BCUT2D eigenvalue weighted by molar-refractivity contribution is 7.84. The molecule has 0 N–H and O–H groups in total. The molecule has 0 radical (unpaired) electrons. The van der Waals surface area contributed by atoms with Crippen LogP contribution in [0.2, 0.25) is 0 Å². The molecular formula is C6H11NO2S. The van der Waals surface area contributed by atoms with E-state index in [9.17, 15) is 4.21 Å². The molecule has 58 valence electrons. The fourth-order valence-corrected chi connectivity index (χ4v) is 1.31. The minimum absolute atomic E-state index is 0.371. The molecule has 0 spiro atoms. The fourth-order valence-electron chi connectivity index (χ4n) is 0.438. The molecule has 4 heteroatoms. The van der Waals surface area contributed by atoms with Gasteiger partial charge in [-0.3, -0.25) is 4.21 Å². The normalized spacial score (nSPS) is 12.4. The van der Waals surface area contributed by atoms with E-state index >= 15 is 0 Å². The summed E-state index contributed by atoms with van der Waals surface area (Å²) < 4.78 is 15.6. The van der Waals surface area contributed by atoms with Crippen molar-refractivity contribution in [2.45, 2.75) is 6.42 Å². The van der Waals surface area contributed by atoms with Gasteiger partial charge >= 0.3 is 0 Å². The van der Waals surface area contributed by atoms with Gasteiger partial charge in [-0.05, 0) is 0 Å². The molecule has 0 aromatic heterocycles. The van der Waals surface area contributed by atoms with Gasteiger partial charge in [0.2, 0.25) is 0 Å². The van der Waals surface area contributed by atoms with Gasteiger partial charge in [0, 0.05) is 35.8 Å². The van der Waals surface area contributed by atoms with E-state index in [0.29, 0.717) is 24.5 Å². The second kappa shape index (κ2) is 6.72. The van der Waals surface area contributed by atoms with E-state index in [-0.39, 0.29) is 0 Å². The predicted octanol–water partition coefficient (Wildman–Crippen LogP) is 0.295. The molecule has 0 fully saturated rings. The van der Waals surface area contributed by atoms with E-state index in [2.05, 4.69) is 0 Å². The average molecular weight is 161 g/mol. The van der Waals surface area contributed by atoms with Crippen molar-refractivity contribution in [3.8, 4) is 6.07 Å². The van der Waals surface area contributed by atoms with Crippen LogP contribution in [0.3, 0.4) is 0 Å². The molecule has 0 aromatic rings. The van der Waals surface area contributed by atoms with E-state index in [1.165, 1.54) is 0 Å². The molecule has 1 unspecified atom stereocenters. The smallest absolute Gasteiger partial charge is 0.0631 e. The van der Waals surface area contributed by atoms with E-state index in [4.69, 9.17) is 10.00 Å². The van der Waals surface area contributed by atoms with Crippen molar-refractivity contribution in [3.05, 3.63) is 0 Å². The van der Waals surface area contributed by atoms with Gasteiger partial charge in [0.1, 0.15) is 0 Å². The van der Waals surface area contributed by atoms with Crippen molar-refractivity contribution in [2.75, 3.05) is 25.2 Å². The summed E-state index contributed by atoms with van der Waals surface area (Å²) in [5.74, 6) is 1.01. The molecule has 0 saturated carbocycles. The van der Waals surface area contributed by atoms with Gasteiger partial charge in [0.25, 0.3) is 0 Å². The fraction of sp³-hybridized carbons (Fsp3) is 0.833. The molecule has 0 bridgehead atoms. The largest absolute Gasteiger partial charge is 0.384 e. The molecule has 0 heterocycles. The third-order valence-electron chi connectivity index (χ3n) is 0.957. The number of hydrogen-bond donors (Lipinski definition) is 0. The Morgan fingerprint density at radius 3 is 2.80 bits per heavy atom. The Kier molecular flexibility index (Phi) is 6.45. The van der Waals surface area contributed by atoms with Gasteiger partial charge in [-0.25, -0.2) is 0 Å². The van der Waals surface area contributed by atoms with E-state index in [1.54, 1.807) is 7.11 Å². The van der Waals surface area contributed by atoms with Crippen molar-refractivity contribution >= 4 is 10.8 Å². The van der Waals surface area contributed by atoms with Crippen LogP contribution >= 0.6 is 0 Å². The number of rotatable bonds is 5. The highest BCUT2D eigenvalue weighted by Gasteiger charge is 1.96. The summed E-state index contributed by atoms with van der Waals surface area (Å²) in [7, 11) is 0.704. The summed E-state index contributed by atoms with van der Waals surface area (Å²) in [5.41, 5.74) is 0. The molecule has 0 aliphatic heterocycles. The van der Waals surface area contributed by atoms with Crippen molar-refractivity contribution in [3.63, 3.8) is 0 Å². The van der Waals surface area contributed by atoms with Crippen molar-refractivity contribution in [1.29, 1.82) is 5.26 Å². The molecular weight excluding hydrogens is 150 g/mol. The molecule has 0 aliphatic rings. The van der Waals surface area contributed by atoms with Gasteiger partial charge in [0.15, 0.2) is 0 Å². The van der Waals surface area contributed by atoms with Crippen LogP contribution in [0.1, 0.15) is 6.42 Å². The van der Waals surface area contributed by atoms with Crippen molar-refractivity contribution in [1.82, 2.24) is 0 Å². The maximum absolute atomic E-state index is 10.8. The van der Waals surface area contributed by atoms with Gasteiger partial charge in [-0.1, -0.05) is 0 Å². The van der Waals surface area contributed by atoms with Crippen LogP contribution in [0, 0.1) is 11.3 Å². The van der Waals surface area contributed by atoms with E-state index in [1.807, 2.05) is 6.07 Å². The quantitative estimate of drug-likeness (QED) is 0.582. The number of ether oxygens (including phenoxy) is 1. The van der Waals surface area contributed by atoms with Gasteiger partial charge < -0.3 is 4.74 Å². The third kappa shape index (κ3) is 5.73. The van der Waals surface area contributed by atoms with Crippen LogP contribution in [0.15, 0.2) is 0 Å². The van der Waals surface area contributed by atoms with Crippen LogP contribution in [0.4, 0.5) is 0 Å². The molecule has 3 nitrogen and oxygen atoms in total. The van der Waals surface area contributed by atoms with Crippen molar-refractivity contribution < 1.29 is 8.95 Å². The minimum atomic E-state index is -0.867. The zero-order valence-corrected chi connectivity index (χ0v) is 6.82. The Hall–Kier alpha value is -0.400. The second-order valence-corrected chi connectivity index (χ2v) is 3.45. The van der Waals surface area contributed by atoms with Crippen LogP contribution < -0.4 is 0 Å². The Morgan fingerprint density at radius 2 is 2.30 bits per heavy atom. The third-order valence-corrected chi connectivity index (χ3v) is 2.24. The summed E-state index contributed by atoms with van der Waals surface area (Å²) in [6.45, 7) is 0.512.